The van der Waals surface area contributed by atoms with Crippen LogP contribution >= 0.6 is 0 Å². The third-order valence-electron chi connectivity index (χ3n) is 3.47. The van der Waals surface area contributed by atoms with Crippen molar-refractivity contribution < 1.29 is 0 Å². The summed E-state index contributed by atoms with van der Waals surface area (Å²) in [6.07, 6.45) is 0. The standard InChI is InChI=1S/C16H16N4O/c1-10-6-4-5-7-13(10)20-15-12(9-8-11(2)18-15)14(17-3)19-16(20)21/h4-9H,1-3H3,(H,17,19,21). The molecule has 3 rings (SSSR count). The molecular formula is C16H16N4O. The smallest absolute Gasteiger partial charge is 0.355 e. The zero-order valence-corrected chi connectivity index (χ0v) is 12.2. The van der Waals surface area contributed by atoms with E-state index in [2.05, 4.69) is 15.3 Å². The molecule has 0 amide bonds. The number of rotatable bonds is 2. The maximum Gasteiger partial charge on any atom is 0.355 e. The second kappa shape index (κ2) is 5.01. The summed E-state index contributed by atoms with van der Waals surface area (Å²) in [6, 6.07) is 11.6. The van der Waals surface area contributed by atoms with Crippen molar-refractivity contribution in [2.75, 3.05) is 12.4 Å². The lowest BCUT2D eigenvalue weighted by atomic mass is 10.2. The Morgan fingerprint density at radius 3 is 2.52 bits per heavy atom. The quantitative estimate of drug-likeness (QED) is 0.783. The molecule has 3 aromatic rings. The van der Waals surface area contributed by atoms with E-state index in [0.29, 0.717) is 11.5 Å². The fourth-order valence-electron chi connectivity index (χ4n) is 2.42. The number of aromatic nitrogens is 3. The fourth-order valence-corrected chi connectivity index (χ4v) is 2.42. The van der Waals surface area contributed by atoms with Gasteiger partial charge in [0.2, 0.25) is 0 Å². The highest BCUT2D eigenvalue weighted by molar-refractivity contribution is 5.87. The number of nitrogens with one attached hydrogen (secondary N) is 1. The van der Waals surface area contributed by atoms with Gasteiger partial charge < -0.3 is 5.32 Å². The Morgan fingerprint density at radius 2 is 1.81 bits per heavy atom. The molecule has 0 aliphatic heterocycles. The summed E-state index contributed by atoms with van der Waals surface area (Å²) in [5.41, 5.74) is 2.95. The molecule has 5 heteroatoms. The largest absolute Gasteiger partial charge is 0.372 e. The predicted molar refractivity (Wildman–Crippen MR) is 84.2 cm³/mol. The lowest BCUT2D eigenvalue weighted by Gasteiger charge is -2.13. The van der Waals surface area contributed by atoms with Gasteiger partial charge in [0.15, 0.2) is 5.65 Å². The second-order valence-corrected chi connectivity index (χ2v) is 4.94. The number of benzene rings is 1. The molecule has 0 spiro atoms. The Balaban J connectivity index is 2.48. The fraction of sp³-hybridized carbons (Fsp3) is 0.188. The lowest BCUT2D eigenvalue weighted by Crippen LogP contribution is -2.24. The van der Waals surface area contributed by atoms with E-state index in [9.17, 15) is 4.79 Å². The van der Waals surface area contributed by atoms with Gasteiger partial charge in [-0.05, 0) is 37.6 Å². The van der Waals surface area contributed by atoms with E-state index in [0.717, 1.165) is 22.3 Å². The molecule has 21 heavy (non-hydrogen) atoms. The highest BCUT2D eigenvalue weighted by Crippen LogP contribution is 2.22. The van der Waals surface area contributed by atoms with Gasteiger partial charge in [0.1, 0.15) is 5.82 Å². The van der Waals surface area contributed by atoms with Crippen LogP contribution in [0.3, 0.4) is 0 Å². The van der Waals surface area contributed by atoms with Crippen molar-refractivity contribution in [2.24, 2.45) is 0 Å². The van der Waals surface area contributed by atoms with E-state index in [-0.39, 0.29) is 5.69 Å². The summed E-state index contributed by atoms with van der Waals surface area (Å²) in [5, 5.41) is 3.78. The van der Waals surface area contributed by atoms with Crippen molar-refractivity contribution in [2.45, 2.75) is 13.8 Å². The SMILES string of the molecule is CNc1nc(=O)n(-c2ccccc2C)c2nc(C)ccc12. The van der Waals surface area contributed by atoms with Crippen LogP contribution in [-0.2, 0) is 0 Å². The molecule has 106 valence electrons. The molecule has 2 heterocycles. The highest BCUT2D eigenvalue weighted by atomic mass is 16.1. The molecule has 0 atom stereocenters. The van der Waals surface area contributed by atoms with Gasteiger partial charge >= 0.3 is 5.69 Å². The van der Waals surface area contributed by atoms with Gasteiger partial charge in [-0.15, -0.1) is 0 Å². The molecule has 1 N–H and O–H groups in total. The van der Waals surface area contributed by atoms with E-state index < -0.39 is 0 Å². The monoisotopic (exact) mass is 280 g/mol. The number of nitrogens with zero attached hydrogens (tertiary/aromatic N) is 3. The van der Waals surface area contributed by atoms with E-state index in [4.69, 9.17) is 0 Å². The Morgan fingerprint density at radius 1 is 1.05 bits per heavy atom. The summed E-state index contributed by atoms with van der Waals surface area (Å²) in [6.45, 7) is 3.88. The van der Waals surface area contributed by atoms with Gasteiger partial charge in [0.05, 0.1) is 11.1 Å². The minimum absolute atomic E-state index is 0.334. The van der Waals surface area contributed by atoms with Crippen LogP contribution in [0.2, 0.25) is 0 Å². The first-order valence-corrected chi connectivity index (χ1v) is 6.76. The maximum absolute atomic E-state index is 12.4. The average Bonchev–Trinajstić information content (AvgIpc) is 2.47. The molecule has 0 unspecified atom stereocenters. The van der Waals surface area contributed by atoms with E-state index in [1.165, 1.54) is 0 Å². The molecule has 0 aliphatic rings. The molecule has 5 nitrogen and oxygen atoms in total. The molecule has 2 aromatic heterocycles. The van der Waals surface area contributed by atoms with Gasteiger partial charge in [-0.3, -0.25) is 0 Å². The van der Waals surface area contributed by atoms with Crippen LogP contribution in [-0.4, -0.2) is 21.6 Å². The molecule has 0 bridgehead atoms. The van der Waals surface area contributed by atoms with Crippen LogP contribution in [0.5, 0.6) is 0 Å². The predicted octanol–water partition coefficient (Wildman–Crippen LogP) is 2.44. The summed E-state index contributed by atoms with van der Waals surface area (Å²) >= 11 is 0. The third-order valence-corrected chi connectivity index (χ3v) is 3.47. The van der Waals surface area contributed by atoms with Crippen LogP contribution in [0.15, 0.2) is 41.2 Å². The molecule has 0 saturated heterocycles. The first-order valence-electron chi connectivity index (χ1n) is 6.76. The van der Waals surface area contributed by atoms with Gasteiger partial charge in [-0.1, -0.05) is 18.2 Å². The van der Waals surface area contributed by atoms with Gasteiger partial charge in [0, 0.05) is 12.7 Å². The molecule has 0 radical (unpaired) electrons. The van der Waals surface area contributed by atoms with Crippen LogP contribution < -0.4 is 11.0 Å². The number of para-hydroxylation sites is 1. The lowest BCUT2D eigenvalue weighted by molar-refractivity contribution is 0.930. The molecular weight excluding hydrogens is 264 g/mol. The van der Waals surface area contributed by atoms with Crippen molar-refractivity contribution in [1.82, 2.24) is 14.5 Å². The first kappa shape index (κ1) is 13.3. The van der Waals surface area contributed by atoms with Crippen LogP contribution in [0, 0.1) is 13.8 Å². The molecule has 0 fully saturated rings. The van der Waals surface area contributed by atoms with Crippen molar-refractivity contribution in [1.29, 1.82) is 0 Å². The van der Waals surface area contributed by atoms with E-state index in [1.807, 2.05) is 50.2 Å². The van der Waals surface area contributed by atoms with Crippen molar-refractivity contribution in [3.63, 3.8) is 0 Å². The van der Waals surface area contributed by atoms with Crippen LogP contribution in [0.4, 0.5) is 5.82 Å². The summed E-state index contributed by atoms with van der Waals surface area (Å²) in [4.78, 5) is 21.1. The molecule has 0 saturated carbocycles. The van der Waals surface area contributed by atoms with Gasteiger partial charge in [-0.2, -0.15) is 4.98 Å². The van der Waals surface area contributed by atoms with Crippen molar-refractivity contribution >= 4 is 16.9 Å². The molecule has 1 aromatic carbocycles. The highest BCUT2D eigenvalue weighted by Gasteiger charge is 2.13. The summed E-state index contributed by atoms with van der Waals surface area (Å²) in [7, 11) is 1.75. The number of pyridine rings is 1. The Bertz CT molecular complexity index is 883. The van der Waals surface area contributed by atoms with Gasteiger partial charge in [0.25, 0.3) is 0 Å². The summed E-state index contributed by atoms with van der Waals surface area (Å²) in [5.74, 6) is 0.548. The maximum atomic E-state index is 12.4. The molecule has 0 aliphatic carbocycles. The number of hydrogen-bond acceptors (Lipinski definition) is 4. The van der Waals surface area contributed by atoms with Crippen molar-refractivity contribution in [3.05, 3.63) is 58.1 Å². The Hall–Kier alpha value is -2.69. The van der Waals surface area contributed by atoms with Crippen LogP contribution in [0.1, 0.15) is 11.3 Å². The normalized spacial score (nSPS) is 10.8. The Kier molecular flexibility index (Phi) is 3.17. The number of fused-ring (bicyclic) bond motifs is 1. The van der Waals surface area contributed by atoms with Crippen LogP contribution in [0.25, 0.3) is 16.7 Å². The Labute approximate surface area is 122 Å². The first-order chi connectivity index (χ1) is 10.1. The second-order valence-electron chi connectivity index (χ2n) is 4.94. The number of anilines is 1. The van der Waals surface area contributed by atoms with E-state index >= 15 is 0 Å². The average molecular weight is 280 g/mol. The minimum Gasteiger partial charge on any atom is -0.372 e. The van der Waals surface area contributed by atoms with Gasteiger partial charge in [-0.25, -0.2) is 14.3 Å². The zero-order chi connectivity index (χ0) is 15.0. The zero-order valence-electron chi connectivity index (χ0n) is 12.2. The topological polar surface area (TPSA) is 59.8 Å². The van der Waals surface area contributed by atoms with Crippen molar-refractivity contribution in [3.8, 4) is 5.69 Å². The number of hydrogen-bond donors (Lipinski definition) is 1. The minimum atomic E-state index is -0.334. The third kappa shape index (κ3) is 2.16. The number of aryl methyl sites for hydroxylation is 2. The van der Waals surface area contributed by atoms with E-state index in [1.54, 1.807) is 11.6 Å². The summed E-state index contributed by atoms with van der Waals surface area (Å²) < 4.78 is 1.57.